The second-order valence-corrected chi connectivity index (χ2v) is 6.13. The fourth-order valence-electron chi connectivity index (χ4n) is 2.43. The number of primary amides is 1. The van der Waals surface area contributed by atoms with E-state index in [0.29, 0.717) is 15.8 Å². The van der Waals surface area contributed by atoms with Gasteiger partial charge in [0.05, 0.1) is 6.04 Å². The van der Waals surface area contributed by atoms with Crippen LogP contribution in [0, 0.1) is 6.42 Å². The largest absolute Gasteiger partial charge is 0.411 e. The number of nitrogens with one attached hydrogen (secondary N) is 1. The molecule has 7 heteroatoms. The summed E-state index contributed by atoms with van der Waals surface area (Å²) in [6.45, 7) is 0. The van der Waals surface area contributed by atoms with E-state index in [4.69, 9.17) is 33.7 Å². The van der Waals surface area contributed by atoms with Crippen LogP contribution in [0.2, 0.25) is 10.0 Å². The van der Waals surface area contributed by atoms with Gasteiger partial charge in [0, 0.05) is 28.6 Å². The van der Waals surface area contributed by atoms with Crippen molar-refractivity contribution in [1.82, 2.24) is 5.43 Å². The van der Waals surface area contributed by atoms with Gasteiger partial charge < -0.3 is 15.9 Å². The molecular formula is C17H14Cl2N3O2. The normalized spacial score (nSPS) is 16.4. The lowest BCUT2D eigenvalue weighted by Crippen LogP contribution is -2.16. The van der Waals surface area contributed by atoms with Crippen LogP contribution >= 0.6 is 23.2 Å². The van der Waals surface area contributed by atoms with Crippen molar-refractivity contribution >= 4 is 35.0 Å². The Balaban J connectivity index is 1.63. The summed E-state index contributed by atoms with van der Waals surface area (Å²) in [4.78, 5) is 10.7. The van der Waals surface area contributed by atoms with Gasteiger partial charge in [-0.15, -0.1) is 0 Å². The van der Waals surface area contributed by atoms with Gasteiger partial charge in [-0.2, -0.15) is 5.10 Å². The molecule has 1 aliphatic heterocycles. The first kappa shape index (κ1) is 16.6. The molecule has 1 aliphatic rings. The van der Waals surface area contributed by atoms with Crippen LogP contribution in [0.5, 0.6) is 5.75 Å². The highest BCUT2D eigenvalue weighted by Gasteiger charge is 2.21. The van der Waals surface area contributed by atoms with Crippen LogP contribution in [0.4, 0.5) is 4.79 Å². The van der Waals surface area contributed by atoms with E-state index in [0.717, 1.165) is 23.3 Å². The molecule has 0 aromatic heterocycles. The highest BCUT2D eigenvalue weighted by atomic mass is 35.5. The van der Waals surface area contributed by atoms with Crippen LogP contribution < -0.4 is 15.9 Å². The Labute approximate surface area is 149 Å². The quantitative estimate of drug-likeness (QED) is 0.859. The number of hydrazone groups is 1. The third-order valence-corrected chi connectivity index (χ3v) is 4.13. The van der Waals surface area contributed by atoms with Gasteiger partial charge in [0.1, 0.15) is 5.75 Å². The van der Waals surface area contributed by atoms with E-state index in [2.05, 4.69) is 10.5 Å². The minimum absolute atomic E-state index is 0.0463. The zero-order chi connectivity index (χ0) is 17.1. The van der Waals surface area contributed by atoms with Crippen molar-refractivity contribution in [3.05, 3.63) is 70.1 Å². The molecule has 0 bridgehead atoms. The topological polar surface area (TPSA) is 76.7 Å². The Kier molecular flexibility index (Phi) is 4.92. The van der Waals surface area contributed by atoms with Crippen molar-refractivity contribution in [3.8, 4) is 5.75 Å². The van der Waals surface area contributed by atoms with E-state index in [1.54, 1.807) is 24.3 Å². The van der Waals surface area contributed by atoms with Gasteiger partial charge in [-0.3, -0.25) is 0 Å². The SMILES string of the molecule is NC(=O)Oc1ccc(C2CC([CH]c3ccc(Cl)cc3Cl)=NN2)cc1. The standard InChI is InChI=1S/C17H14Cl2N3O2/c18-12-4-1-11(15(19)8-12)7-13-9-16(22-21-13)10-2-5-14(6-3-10)24-17(20)23/h1-8,16,22H,9H2,(H2,20,23). The molecule has 1 atom stereocenters. The summed E-state index contributed by atoms with van der Waals surface area (Å²) in [6, 6.07) is 12.5. The fraction of sp³-hybridized carbons (Fsp3) is 0.118. The lowest BCUT2D eigenvalue weighted by Gasteiger charge is -2.11. The van der Waals surface area contributed by atoms with Crippen molar-refractivity contribution in [2.24, 2.45) is 10.8 Å². The lowest BCUT2D eigenvalue weighted by atomic mass is 9.99. The van der Waals surface area contributed by atoms with Gasteiger partial charge in [-0.1, -0.05) is 41.4 Å². The summed E-state index contributed by atoms with van der Waals surface area (Å²) >= 11 is 12.1. The van der Waals surface area contributed by atoms with Gasteiger partial charge >= 0.3 is 6.09 Å². The molecule has 1 unspecified atom stereocenters. The van der Waals surface area contributed by atoms with E-state index in [9.17, 15) is 4.79 Å². The van der Waals surface area contributed by atoms with Gasteiger partial charge in [-0.25, -0.2) is 4.79 Å². The molecule has 3 rings (SSSR count). The average molecular weight is 363 g/mol. The third-order valence-electron chi connectivity index (χ3n) is 3.56. The number of rotatable bonds is 4. The molecule has 0 saturated carbocycles. The molecule has 0 aliphatic carbocycles. The van der Waals surface area contributed by atoms with Crippen molar-refractivity contribution < 1.29 is 9.53 Å². The zero-order valence-corrected chi connectivity index (χ0v) is 14.0. The Hall–Kier alpha value is -2.24. The van der Waals surface area contributed by atoms with Crippen LogP contribution in [-0.2, 0) is 0 Å². The highest BCUT2D eigenvalue weighted by Crippen LogP contribution is 2.28. The Morgan fingerprint density at radius 2 is 2.00 bits per heavy atom. The van der Waals surface area contributed by atoms with Crippen molar-refractivity contribution in [1.29, 1.82) is 0 Å². The van der Waals surface area contributed by atoms with E-state index >= 15 is 0 Å². The summed E-state index contributed by atoms with van der Waals surface area (Å²) in [5.74, 6) is 0.407. The summed E-state index contributed by atoms with van der Waals surface area (Å²) in [7, 11) is 0. The minimum Gasteiger partial charge on any atom is -0.411 e. The fourth-order valence-corrected chi connectivity index (χ4v) is 2.89. The smallest absolute Gasteiger partial charge is 0.409 e. The molecule has 2 aromatic carbocycles. The van der Waals surface area contributed by atoms with Crippen LogP contribution in [0.15, 0.2) is 47.6 Å². The molecule has 24 heavy (non-hydrogen) atoms. The number of hydrogen-bond acceptors (Lipinski definition) is 4. The van der Waals surface area contributed by atoms with Gasteiger partial charge in [0.2, 0.25) is 0 Å². The van der Waals surface area contributed by atoms with Crippen LogP contribution in [0.3, 0.4) is 0 Å². The van der Waals surface area contributed by atoms with E-state index in [1.165, 1.54) is 0 Å². The molecule has 123 valence electrons. The number of nitrogens with zero attached hydrogens (tertiary/aromatic N) is 1. The zero-order valence-electron chi connectivity index (χ0n) is 12.5. The molecule has 3 N–H and O–H groups in total. The number of ether oxygens (including phenoxy) is 1. The molecule has 0 spiro atoms. The summed E-state index contributed by atoms with van der Waals surface area (Å²) in [5, 5.41) is 5.52. The van der Waals surface area contributed by atoms with Gasteiger partial charge in [0.15, 0.2) is 0 Å². The van der Waals surface area contributed by atoms with Gasteiger partial charge in [-0.05, 0) is 35.4 Å². The first-order valence-electron chi connectivity index (χ1n) is 7.20. The molecule has 0 saturated heterocycles. The molecule has 2 aromatic rings. The maximum absolute atomic E-state index is 10.7. The Morgan fingerprint density at radius 1 is 1.25 bits per heavy atom. The maximum Gasteiger partial charge on any atom is 0.409 e. The van der Waals surface area contributed by atoms with Crippen LogP contribution in [-0.4, -0.2) is 11.8 Å². The first-order valence-corrected chi connectivity index (χ1v) is 7.96. The molecule has 5 nitrogen and oxygen atoms in total. The second kappa shape index (κ2) is 7.11. The maximum atomic E-state index is 10.7. The molecular weight excluding hydrogens is 349 g/mol. The molecule has 0 fully saturated rings. The highest BCUT2D eigenvalue weighted by molar-refractivity contribution is 6.35. The van der Waals surface area contributed by atoms with Gasteiger partial charge in [0.25, 0.3) is 0 Å². The number of carbonyl (C=O) groups is 1. The molecule has 1 radical (unpaired) electrons. The van der Waals surface area contributed by atoms with Crippen LogP contribution in [0.25, 0.3) is 0 Å². The number of halogens is 2. The lowest BCUT2D eigenvalue weighted by molar-refractivity contribution is 0.211. The van der Waals surface area contributed by atoms with Crippen molar-refractivity contribution in [2.45, 2.75) is 12.5 Å². The monoisotopic (exact) mass is 362 g/mol. The summed E-state index contributed by atoms with van der Waals surface area (Å²) in [6.07, 6.45) is 1.81. The van der Waals surface area contributed by atoms with E-state index < -0.39 is 6.09 Å². The Morgan fingerprint density at radius 3 is 2.67 bits per heavy atom. The van der Waals surface area contributed by atoms with Crippen LogP contribution in [0.1, 0.15) is 23.6 Å². The number of carbonyl (C=O) groups excluding carboxylic acids is 1. The summed E-state index contributed by atoms with van der Waals surface area (Å²) < 4.78 is 4.81. The van der Waals surface area contributed by atoms with E-state index in [1.807, 2.05) is 24.6 Å². The van der Waals surface area contributed by atoms with E-state index in [-0.39, 0.29) is 6.04 Å². The summed E-state index contributed by atoms with van der Waals surface area (Å²) in [5.41, 5.74) is 10.9. The number of nitrogens with two attached hydrogens (primary N) is 1. The first-order chi connectivity index (χ1) is 11.5. The molecule has 1 heterocycles. The number of benzene rings is 2. The van der Waals surface area contributed by atoms with Crippen molar-refractivity contribution in [2.75, 3.05) is 0 Å². The average Bonchev–Trinajstić information content (AvgIpc) is 2.99. The number of hydrogen-bond donors (Lipinski definition) is 2. The number of amides is 1. The predicted molar refractivity (Wildman–Crippen MR) is 94.4 cm³/mol. The Bertz CT molecular complexity index is 791. The molecule has 1 amide bonds. The minimum atomic E-state index is -0.832. The van der Waals surface area contributed by atoms with Crippen molar-refractivity contribution in [3.63, 3.8) is 0 Å². The third kappa shape index (κ3) is 3.99. The second-order valence-electron chi connectivity index (χ2n) is 5.29. The predicted octanol–water partition coefficient (Wildman–Crippen LogP) is 4.09.